The normalized spacial score (nSPS) is 21.8. The lowest BCUT2D eigenvalue weighted by molar-refractivity contribution is -0.125. The molecule has 1 saturated carbocycles. The van der Waals surface area contributed by atoms with E-state index in [1.54, 1.807) is 4.68 Å². The van der Waals surface area contributed by atoms with E-state index in [9.17, 15) is 4.79 Å². The lowest BCUT2D eigenvalue weighted by atomic mass is 10.0. The Bertz CT molecular complexity index is 1390. The number of benzene rings is 1. The van der Waals surface area contributed by atoms with Crippen molar-refractivity contribution in [1.29, 1.82) is 0 Å². The Morgan fingerprint density at radius 2 is 1.79 bits per heavy atom. The van der Waals surface area contributed by atoms with Gasteiger partial charge in [0, 0.05) is 37.5 Å². The summed E-state index contributed by atoms with van der Waals surface area (Å²) in [6, 6.07) is 8.48. The first-order valence-corrected chi connectivity index (χ1v) is 11.5. The number of aromatic nitrogens is 6. The lowest BCUT2D eigenvalue weighted by Crippen LogP contribution is -2.28. The molecule has 2 atom stereocenters. The topological polar surface area (TPSA) is 108 Å². The maximum atomic E-state index is 12.0. The fourth-order valence-electron chi connectivity index (χ4n) is 5.62. The number of rotatable bonds is 4. The summed E-state index contributed by atoms with van der Waals surface area (Å²) in [4.78, 5) is 22.8. The second kappa shape index (κ2) is 7.79. The molecule has 9 heteroatoms. The van der Waals surface area contributed by atoms with E-state index < -0.39 is 0 Å². The highest BCUT2D eigenvalue weighted by molar-refractivity contribution is 5.98. The number of hydrogen-bond acceptors (Lipinski definition) is 6. The molecule has 2 unspecified atom stereocenters. The molecule has 1 aromatic carbocycles. The van der Waals surface area contributed by atoms with Crippen molar-refractivity contribution in [2.24, 2.45) is 18.9 Å². The summed E-state index contributed by atoms with van der Waals surface area (Å²) in [6.45, 7) is 5.19. The molecule has 4 aromatic rings. The van der Waals surface area contributed by atoms with Crippen molar-refractivity contribution in [3.63, 3.8) is 0 Å². The fourth-order valence-corrected chi connectivity index (χ4v) is 5.62. The Labute approximate surface area is 196 Å². The first-order chi connectivity index (χ1) is 16.5. The molecule has 0 bridgehead atoms. The van der Waals surface area contributed by atoms with Gasteiger partial charge >= 0.3 is 0 Å². The van der Waals surface area contributed by atoms with Crippen molar-refractivity contribution in [2.75, 3.05) is 18.8 Å². The third-order valence-corrected chi connectivity index (χ3v) is 7.27. The molecule has 1 amide bonds. The van der Waals surface area contributed by atoms with Gasteiger partial charge in [-0.05, 0) is 36.3 Å². The standard InChI is InChI=1S/C25H26N8O/c1-3-21(34)32-12-17-8-20(9-18(17)13-32)33-25-22(24(26)27-14-28-25)23(30-33)16-6-4-15(5-7-16)19-10-29-31(2)11-19/h3-7,10-11,14,17-18,20H,1,8-9,12-13H2,2H3,(H2,26,27,28). The average molecular weight is 455 g/mol. The highest BCUT2D eigenvalue weighted by atomic mass is 16.2. The minimum Gasteiger partial charge on any atom is -0.383 e. The molecular weight excluding hydrogens is 428 g/mol. The maximum absolute atomic E-state index is 12.0. The van der Waals surface area contributed by atoms with E-state index in [0.717, 1.165) is 59.3 Å². The summed E-state index contributed by atoms with van der Waals surface area (Å²) in [7, 11) is 1.91. The molecule has 34 heavy (non-hydrogen) atoms. The molecule has 9 nitrogen and oxygen atoms in total. The summed E-state index contributed by atoms with van der Waals surface area (Å²) >= 11 is 0. The Hall–Kier alpha value is -4.01. The highest BCUT2D eigenvalue weighted by Crippen LogP contribution is 2.45. The lowest BCUT2D eigenvalue weighted by Gasteiger charge is -2.18. The van der Waals surface area contributed by atoms with Crippen LogP contribution in [0, 0.1) is 11.8 Å². The predicted octanol–water partition coefficient (Wildman–Crippen LogP) is 3.07. The molecule has 1 aliphatic heterocycles. The van der Waals surface area contributed by atoms with Crippen LogP contribution in [0.3, 0.4) is 0 Å². The van der Waals surface area contributed by atoms with Gasteiger partial charge in [0.05, 0.1) is 17.6 Å². The second-order valence-electron chi connectivity index (χ2n) is 9.32. The third-order valence-electron chi connectivity index (χ3n) is 7.27. The van der Waals surface area contributed by atoms with Gasteiger partial charge in [-0.1, -0.05) is 30.8 Å². The van der Waals surface area contributed by atoms with E-state index in [1.807, 2.05) is 29.0 Å². The molecule has 2 N–H and O–H groups in total. The van der Waals surface area contributed by atoms with Crippen LogP contribution >= 0.6 is 0 Å². The number of nitrogens with zero attached hydrogens (tertiary/aromatic N) is 7. The average Bonchev–Trinajstić information content (AvgIpc) is 3.60. The number of nitrogen functional groups attached to an aromatic ring is 1. The maximum Gasteiger partial charge on any atom is 0.245 e. The number of aryl methyl sites for hydroxylation is 1. The van der Waals surface area contributed by atoms with Crippen LogP contribution in [0.5, 0.6) is 0 Å². The number of anilines is 1. The fraction of sp³-hybridized carbons (Fsp3) is 0.320. The molecule has 2 fully saturated rings. The van der Waals surface area contributed by atoms with E-state index in [0.29, 0.717) is 17.7 Å². The first kappa shape index (κ1) is 20.6. The van der Waals surface area contributed by atoms with Gasteiger partial charge < -0.3 is 10.6 Å². The van der Waals surface area contributed by atoms with Gasteiger partial charge in [-0.15, -0.1) is 0 Å². The van der Waals surface area contributed by atoms with Gasteiger partial charge in [-0.25, -0.2) is 14.6 Å². The highest BCUT2D eigenvalue weighted by Gasteiger charge is 2.43. The number of likely N-dealkylation sites (tertiary alicyclic amines) is 1. The van der Waals surface area contributed by atoms with Crippen LogP contribution in [0.25, 0.3) is 33.4 Å². The Morgan fingerprint density at radius 1 is 1.09 bits per heavy atom. The number of carbonyl (C=O) groups excluding carboxylic acids is 1. The zero-order valence-electron chi connectivity index (χ0n) is 19.0. The van der Waals surface area contributed by atoms with Gasteiger partial charge in [0.15, 0.2) is 5.65 Å². The van der Waals surface area contributed by atoms with Crippen LogP contribution in [-0.2, 0) is 11.8 Å². The zero-order chi connectivity index (χ0) is 23.4. The molecule has 3 aromatic heterocycles. The van der Waals surface area contributed by atoms with Crippen molar-refractivity contribution in [1.82, 2.24) is 34.4 Å². The molecular formula is C25H26N8O. The Balaban J connectivity index is 1.34. The predicted molar refractivity (Wildman–Crippen MR) is 129 cm³/mol. The van der Waals surface area contributed by atoms with Crippen LogP contribution < -0.4 is 5.73 Å². The number of nitrogens with two attached hydrogens (primary N) is 1. The molecule has 1 aliphatic carbocycles. The van der Waals surface area contributed by atoms with Crippen molar-refractivity contribution in [3.8, 4) is 22.4 Å². The van der Waals surface area contributed by atoms with Gasteiger partial charge in [0.1, 0.15) is 17.8 Å². The van der Waals surface area contributed by atoms with Gasteiger partial charge in [-0.2, -0.15) is 10.2 Å². The van der Waals surface area contributed by atoms with Crippen molar-refractivity contribution in [2.45, 2.75) is 18.9 Å². The van der Waals surface area contributed by atoms with Crippen molar-refractivity contribution < 1.29 is 4.79 Å². The van der Waals surface area contributed by atoms with Gasteiger partial charge in [0.25, 0.3) is 0 Å². The van der Waals surface area contributed by atoms with Crippen LogP contribution in [0.4, 0.5) is 5.82 Å². The molecule has 0 spiro atoms. The van der Waals surface area contributed by atoms with E-state index in [2.05, 4.69) is 45.9 Å². The smallest absolute Gasteiger partial charge is 0.245 e. The minimum atomic E-state index is 0.0213. The van der Waals surface area contributed by atoms with Crippen LogP contribution in [0.2, 0.25) is 0 Å². The number of amides is 1. The van der Waals surface area contributed by atoms with Crippen LogP contribution in [0.1, 0.15) is 18.9 Å². The summed E-state index contributed by atoms with van der Waals surface area (Å²) in [5.74, 6) is 1.39. The van der Waals surface area contributed by atoms with E-state index in [1.165, 1.54) is 12.4 Å². The molecule has 1 saturated heterocycles. The summed E-state index contributed by atoms with van der Waals surface area (Å²) in [5, 5.41) is 10.1. The quantitative estimate of drug-likeness (QED) is 0.475. The molecule has 2 aliphatic rings. The second-order valence-corrected chi connectivity index (χ2v) is 9.32. The third kappa shape index (κ3) is 3.27. The number of fused-ring (bicyclic) bond motifs is 2. The van der Waals surface area contributed by atoms with Crippen molar-refractivity contribution >= 4 is 22.8 Å². The molecule has 6 rings (SSSR count). The minimum absolute atomic E-state index is 0.0213. The monoisotopic (exact) mass is 454 g/mol. The zero-order valence-corrected chi connectivity index (χ0v) is 19.0. The van der Waals surface area contributed by atoms with Gasteiger partial charge in [0.2, 0.25) is 5.91 Å². The number of hydrogen-bond donors (Lipinski definition) is 1. The molecule has 4 heterocycles. The Kier molecular flexibility index (Phi) is 4.72. The molecule has 172 valence electrons. The van der Waals surface area contributed by atoms with Crippen molar-refractivity contribution in [3.05, 3.63) is 55.6 Å². The van der Waals surface area contributed by atoms with Gasteiger partial charge in [-0.3, -0.25) is 9.48 Å². The van der Waals surface area contributed by atoms with Crippen LogP contribution in [-0.4, -0.2) is 53.4 Å². The molecule has 0 radical (unpaired) electrons. The van der Waals surface area contributed by atoms with E-state index >= 15 is 0 Å². The van der Waals surface area contributed by atoms with E-state index in [4.69, 9.17) is 10.8 Å². The number of carbonyl (C=O) groups is 1. The van der Waals surface area contributed by atoms with E-state index in [-0.39, 0.29) is 11.9 Å². The Morgan fingerprint density at radius 3 is 2.44 bits per heavy atom. The SMILES string of the molecule is C=CC(=O)N1CC2CC(n3nc(-c4ccc(-c5cnn(C)c5)cc4)c4c(N)ncnc43)CC2C1. The van der Waals surface area contributed by atoms with Crippen LogP contribution in [0.15, 0.2) is 55.6 Å². The summed E-state index contributed by atoms with van der Waals surface area (Å²) < 4.78 is 3.83. The summed E-state index contributed by atoms with van der Waals surface area (Å²) in [5.41, 5.74) is 11.0. The largest absolute Gasteiger partial charge is 0.383 e. The summed E-state index contributed by atoms with van der Waals surface area (Å²) in [6.07, 6.45) is 8.69. The first-order valence-electron chi connectivity index (χ1n) is 11.5.